The van der Waals surface area contributed by atoms with Gasteiger partial charge in [0.1, 0.15) is 0 Å². The fourth-order valence-electron chi connectivity index (χ4n) is 2.26. The first-order chi connectivity index (χ1) is 7.58. The Morgan fingerprint density at radius 2 is 2.50 bits per heavy atom. The van der Waals surface area contributed by atoms with Crippen LogP contribution in [-0.2, 0) is 21.5 Å². The van der Waals surface area contributed by atoms with Gasteiger partial charge in [0, 0.05) is 18.2 Å². The van der Waals surface area contributed by atoms with Crippen LogP contribution in [0.5, 0.6) is 0 Å². The highest BCUT2D eigenvalue weighted by Gasteiger charge is 2.44. The van der Waals surface area contributed by atoms with Gasteiger partial charge in [-0.3, -0.25) is 5.32 Å². The van der Waals surface area contributed by atoms with Crippen LogP contribution in [0, 0.1) is 0 Å². The van der Waals surface area contributed by atoms with Gasteiger partial charge in [0.2, 0.25) is 0 Å². The van der Waals surface area contributed by atoms with E-state index in [9.17, 15) is 4.79 Å². The number of H-pyrrole nitrogens is 1. The number of ether oxygens (including phenoxy) is 1. The summed E-state index contributed by atoms with van der Waals surface area (Å²) in [5, 5.41) is 3.26. The molecule has 2 N–H and O–H groups in total. The smallest absolute Gasteiger partial charge is 0.332 e. The molecule has 0 aromatic carbocycles. The lowest BCUT2D eigenvalue weighted by atomic mass is 9.88. The van der Waals surface area contributed by atoms with E-state index >= 15 is 0 Å². The van der Waals surface area contributed by atoms with Crippen molar-refractivity contribution in [2.45, 2.75) is 38.8 Å². The number of aromatic amines is 1. The number of nitrogens with one attached hydrogen (secondary N) is 2. The molecule has 0 saturated heterocycles. The molecule has 0 aliphatic carbocycles. The van der Waals surface area contributed by atoms with Crippen LogP contribution < -0.4 is 5.32 Å². The van der Waals surface area contributed by atoms with Gasteiger partial charge < -0.3 is 9.72 Å². The zero-order valence-corrected chi connectivity index (χ0v) is 9.83. The Morgan fingerprint density at radius 1 is 1.75 bits per heavy atom. The fraction of sp³-hybridized carbons (Fsp3) is 0.636. The number of imidazole rings is 1. The van der Waals surface area contributed by atoms with E-state index in [-0.39, 0.29) is 12.0 Å². The normalized spacial score (nSPS) is 28.6. The molecule has 5 nitrogen and oxygen atoms in total. The van der Waals surface area contributed by atoms with Crippen molar-refractivity contribution in [3.8, 4) is 0 Å². The summed E-state index contributed by atoms with van der Waals surface area (Å²) in [5.74, 6) is -0.269. The molecule has 5 heteroatoms. The average Bonchev–Trinajstić information content (AvgIpc) is 2.66. The molecule has 88 valence electrons. The SMILES string of the molecule is CCOC(=O)[C@@]1(C)N[C@@H](C)Cc2[nH]cnc21. The zero-order valence-electron chi connectivity index (χ0n) is 9.83. The van der Waals surface area contributed by atoms with Crippen molar-refractivity contribution < 1.29 is 9.53 Å². The molecule has 0 bridgehead atoms. The highest BCUT2D eigenvalue weighted by molar-refractivity contribution is 5.82. The van der Waals surface area contributed by atoms with E-state index in [1.807, 2.05) is 13.8 Å². The van der Waals surface area contributed by atoms with Gasteiger partial charge in [0.25, 0.3) is 0 Å². The minimum absolute atomic E-state index is 0.224. The standard InChI is InChI=1S/C11H17N3O2/c1-4-16-10(15)11(3)9-8(12-6-13-9)5-7(2)14-11/h6-7,14H,4-5H2,1-3H3,(H,12,13)/t7-,11-/m0/s1. The Morgan fingerprint density at radius 3 is 3.19 bits per heavy atom. The number of fused-ring (bicyclic) bond motifs is 1. The molecule has 1 aliphatic heterocycles. The van der Waals surface area contributed by atoms with Gasteiger partial charge in [-0.15, -0.1) is 0 Å². The van der Waals surface area contributed by atoms with E-state index in [4.69, 9.17) is 4.74 Å². The van der Waals surface area contributed by atoms with Crippen molar-refractivity contribution in [1.82, 2.24) is 15.3 Å². The predicted molar refractivity (Wildman–Crippen MR) is 58.9 cm³/mol. The Kier molecular flexibility index (Phi) is 2.71. The Hall–Kier alpha value is -1.36. The molecule has 2 rings (SSSR count). The molecule has 0 unspecified atom stereocenters. The molecule has 0 spiro atoms. The lowest BCUT2D eigenvalue weighted by Gasteiger charge is -2.35. The first-order valence-electron chi connectivity index (χ1n) is 5.55. The lowest BCUT2D eigenvalue weighted by Crippen LogP contribution is -2.55. The minimum atomic E-state index is -0.830. The number of esters is 1. The highest BCUT2D eigenvalue weighted by atomic mass is 16.5. The van der Waals surface area contributed by atoms with E-state index < -0.39 is 5.54 Å². The van der Waals surface area contributed by atoms with Crippen molar-refractivity contribution in [3.63, 3.8) is 0 Å². The van der Waals surface area contributed by atoms with E-state index in [0.29, 0.717) is 6.61 Å². The number of carbonyl (C=O) groups is 1. The molecule has 2 atom stereocenters. The Balaban J connectivity index is 2.38. The molecule has 1 aromatic heterocycles. The van der Waals surface area contributed by atoms with Gasteiger partial charge in [0.05, 0.1) is 18.6 Å². The molecule has 1 aromatic rings. The fourth-order valence-corrected chi connectivity index (χ4v) is 2.26. The second kappa shape index (κ2) is 3.90. The summed E-state index contributed by atoms with van der Waals surface area (Å²) in [6.07, 6.45) is 2.48. The molecular formula is C11H17N3O2. The number of carbonyl (C=O) groups excluding carboxylic acids is 1. The number of aromatic nitrogens is 2. The van der Waals surface area contributed by atoms with E-state index in [1.165, 1.54) is 0 Å². The summed E-state index contributed by atoms with van der Waals surface area (Å²) in [6, 6.07) is 0.224. The van der Waals surface area contributed by atoms with Gasteiger partial charge in [-0.05, 0) is 20.8 Å². The number of rotatable bonds is 2. The van der Waals surface area contributed by atoms with Crippen LogP contribution in [0.3, 0.4) is 0 Å². The van der Waals surface area contributed by atoms with Crippen LogP contribution in [0.25, 0.3) is 0 Å². The number of nitrogens with zero attached hydrogens (tertiary/aromatic N) is 1. The highest BCUT2D eigenvalue weighted by Crippen LogP contribution is 2.29. The lowest BCUT2D eigenvalue weighted by molar-refractivity contribution is -0.151. The second-order valence-corrected chi connectivity index (χ2v) is 4.32. The topological polar surface area (TPSA) is 67.0 Å². The monoisotopic (exact) mass is 223 g/mol. The third-order valence-electron chi connectivity index (χ3n) is 2.92. The quantitative estimate of drug-likeness (QED) is 0.725. The second-order valence-electron chi connectivity index (χ2n) is 4.32. The van der Waals surface area contributed by atoms with Crippen LogP contribution in [0.15, 0.2) is 6.33 Å². The maximum Gasteiger partial charge on any atom is 0.332 e. The number of hydrogen-bond acceptors (Lipinski definition) is 4. The number of hydrogen-bond donors (Lipinski definition) is 2. The van der Waals surface area contributed by atoms with E-state index in [1.54, 1.807) is 13.3 Å². The summed E-state index contributed by atoms with van der Waals surface area (Å²) in [4.78, 5) is 19.3. The Labute approximate surface area is 94.6 Å². The average molecular weight is 223 g/mol. The molecule has 2 heterocycles. The van der Waals surface area contributed by atoms with Gasteiger partial charge in [-0.25, -0.2) is 9.78 Å². The third-order valence-corrected chi connectivity index (χ3v) is 2.92. The molecule has 0 amide bonds. The van der Waals surface area contributed by atoms with Crippen molar-refractivity contribution in [1.29, 1.82) is 0 Å². The van der Waals surface area contributed by atoms with Crippen LogP contribution in [0.2, 0.25) is 0 Å². The third kappa shape index (κ3) is 1.61. The van der Waals surface area contributed by atoms with Crippen LogP contribution in [0.1, 0.15) is 32.2 Å². The molecule has 16 heavy (non-hydrogen) atoms. The maximum atomic E-state index is 12.0. The van der Waals surface area contributed by atoms with Gasteiger partial charge >= 0.3 is 5.97 Å². The van der Waals surface area contributed by atoms with E-state index in [2.05, 4.69) is 15.3 Å². The summed E-state index contributed by atoms with van der Waals surface area (Å²) >= 11 is 0. The summed E-state index contributed by atoms with van der Waals surface area (Å²) < 4.78 is 5.10. The van der Waals surface area contributed by atoms with Crippen molar-refractivity contribution in [3.05, 3.63) is 17.7 Å². The molecule has 0 saturated carbocycles. The Bertz CT molecular complexity index is 402. The predicted octanol–water partition coefficient (Wildman–Crippen LogP) is 0.722. The summed E-state index contributed by atoms with van der Waals surface area (Å²) in [6.45, 7) is 6.05. The van der Waals surface area contributed by atoms with Gasteiger partial charge in [0.15, 0.2) is 5.54 Å². The molecular weight excluding hydrogens is 206 g/mol. The molecule has 0 radical (unpaired) electrons. The molecule has 0 fully saturated rings. The van der Waals surface area contributed by atoms with Gasteiger partial charge in [-0.2, -0.15) is 0 Å². The van der Waals surface area contributed by atoms with Crippen molar-refractivity contribution in [2.24, 2.45) is 0 Å². The first-order valence-corrected chi connectivity index (χ1v) is 5.55. The maximum absolute atomic E-state index is 12.0. The van der Waals surface area contributed by atoms with Crippen molar-refractivity contribution in [2.75, 3.05) is 6.61 Å². The minimum Gasteiger partial charge on any atom is -0.464 e. The van der Waals surface area contributed by atoms with Crippen LogP contribution >= 0.6 is 0 Å². The summed E-state index contributed by atoms with van der Waals surface area (Å²) in [7, 11) is 0. The largest absolute Gasteiger partial charge is 0.464 e. The van der Waals surface area contributed by atoms with Crippen LogP contribution in [0.4, 0.5) is 0 Å². The van der Waals surface area contributed by atoms with Crippen molar-refractivity contribution >= 4 is 5.97 Å². The zero-order chi connectivity index (χ0) is 11.8. The first kappa shape index (κ1) is 11.1. The van der Waals surface area contributed by atoms with E-state index in [0.717, 1.165) is 17.8 Å². The summed E-state index contributed by atoms with van der Waals surface area (Å²) in [5.41, 5.74) is 0.939. The van der Waals surface area contributed by atoms with Crippen LogP contribution in [-0.4, -0.2) is 28.6 Å². The van der Waals surface area contributed by atoms with Gasteiger partial charge in [-0.1, -0.05) is 0 Å². The molecule has 1 aliphatic rings.